The number of aromatic nitrogens is 4. The summed E-state index contributed by atoms with van der Waals surface area (Å²) < 4.78 is 4.81. The number of rotatable bonds is 8. The number of fused-ring (bicyclic) bond motifs is 13. The van der Waals surface area contributed by atoms with Crippen LogP contribution >= 0.6 is 0 Å². The number of hydrogen-bond donors (Lipinski definition) is 0. The van der Waals surface area contributed by atoms with Crippen LogP contribution < -0.4 is 0 Å². The van der Waals surface area contributed by atoms with E-state index in [1.54, 1.807) is 0 Å². The molecule has 2 aliphatic carbocycles. The molecule has 18 rings (SSSR count). The lowest BCUT2D eigenvalue weighted by Crippen LogP contribution is -2.14. The second-order valence-corrected chi connectivity index (χ2v) is 25.7. The summed E-state index contributed by atoms with van der Waals surface area (Å²) in [4.78, 5) is 10.7. The fraction of sp³-hybridized carbons (Fsp3) is 0.0698. The Hall–Kier alpha value is -11.2. The zero-order valence-corrected chi connectivity index (χ0v) is 50.5. The van der Waals surface area contributed by atoms with Crippen LogP contribution in [0.15, 0.2) is 291 Å². The van der Waals surface area contributed by atoms with Crippen LogP contribution in [0.25, 0.3) is 155 Å². The topological polar surface area (TPSA) is 35.6 Å². The first-order valence-corrected chi connectivity index (χ1v) is 31.4. The molecule has 0 N–H and O–H groups in total. The van der Waals surface area contributed by atoms with E-state index in [0.717, 1.165) is 67.2 Å². The summed E-state index contributed by atoms with van der Waals surface area (Å²) in [5.74, 6) is 0. The maximum Gasteiger partial charge on any atom is 0.0973 e. The smallest absolute Gasteiger partial charge is 0.0973 e. The fourth-order valence-corrected chi connectivity index (χ4v) is 15.3. The van der Waals surface area contributed by atoms with Gasteiger partial charge in [0, 0.05) is 54.9 Å². The van der Waals surface area contributed by atoms with E-state index in [9.17, 15) is 0 Å². The quantitative estimate of drug-likeness (QED) is 0.152. The van der Waals surface area contributed by atoms with E-state index in [1.165, 1.54) is 110 Å². The molecule has 0 radical (unpaired) electrons. The standard InChI is InChI=1S/C86H60N4/c1-85(2)73-19-9-5-15-65(73)67-45-37-61(51-75(67)85)55-33-41-63(42-34-55)89-79-23-13-7-17-69(79)71-49-59(39-47-81(71)89)53-25-29-57(30-26-53)83-84(88-78-22-12-11-21-77(78)87-83)58-31-27-54(28-32-58)60-40-48-82-72(50-60)70-18-8-14-24-80(70)90(82)64-43-35-56(36-44-64)62-38-46-68-66-16-6-10-20-74(66)86(3,4)76(68)52-62/h5-52H,1-4H3. The Morgan fingerprint density at radius 3 is 0.956 bits per heavy atom. The molecule has 3 aromatic heterocycles. The molecule has 16 aromatic rings. The van der Waals surface area contributed by atoms with Gasteiger partial charge in [-0.2, -0.15) is 0 Å². The first-order valence-electron chi connectivity index (χ1n) is 31.4. The minimum absolute atomic E-state index is 0.0455. The number of para-hydroxylation sites is 4. The molecule has 0 bridgehead atoms. The van der Waals surface area contributed by atoms with Gasteiger partial charge in [0.15, 0.2) is 0 Å². The van der Waals surface area contributed by atoms with Crippen LogP contribution in [0.4, 0.5) is 0 Å². The molecule has 0 atom stereocenters. The minimum atomic E-state index is -0.0455. The lowest BCUT2D eigenvalue weighted by molar-refractivity contribution is 0.660. The average Bonchev–Trinajstić information content (AvgIpc) is 1.62. The van der Waals surface area contributed by atoms with Gasteiger partial charge in [-0.1, -0.05) is 234 Å². The molecule has 0 saturated carbocycles. The average molecular weight is 1150 g/mol. The monoisotopic (exact) mass is 1150 g/mol. The first-order chi connectivity index (χ1) is 44.1. The minimum Gasteiger partial charge on any atom is -0.309 e. The molecule has 90 heavy (non-hydrogen) atoms. The summed E-state index contributed by atoms with van der Waals surface area (Å²) in [5.41, 5.74) is 32.9. The maximum atomic E-state index is 5.33. The van der Waals surface area contributed by atoms with Gasteiger partial charge < -0.3 is 9.13 Å². The highest BCUT2D eigenvalue weighted by Crippen LogP contribution is 2.51. The van der Waals surface area contributed by atoms with Gasteiger partial charge in [-0.3, -0.25) is 0 Å². The predicted octanol–water partition coefficient (Wildman–Crippen LogP) is 22.4. The number of benzene rings is 13. The third-order valence-corrected chi connectivity index (χ3v) is 20.0. The van der Waals surface area contributed by atoms with E-state index in [4.69, 9.17) is 9.97 Å². The molecule has 0 fully saturated rings. The molecule has 4 heteroatoms. The van der Waals surface area contributed by atoms with E-state index >= 15 is 0 Å². The van der Waals surface area contributed by atoms with Crippen LogP contribution in [0.2, 0.25) is 0 Å². The van der Waals surface area contributed by atoms with Gasteiger partial charge >= 0.3 is 0 Å². The molecule has 0 aliphatic heterocycles. The molecule has 2 aliphatic rings. The van der Waals surface area contributed by atoms with Crippen LogP contribution in [0.5, 0.6) is 0 Å². The van der Waals surface area contributed by atoms with Crippen molar-refractivity contribution in [1.29, 1.82) is 0 Å². The van der Waals surface area contributed by atoms with Crippen molar-refractivity contribution in [3.05, 3.63) is 313 Å². The van der Waals surface area contributed by atoms with E-state index < -0.39 is 0 Å². The van der Waals surface area contributed by atoms with Crippen LogP contribution in [-0.2, 0) is 10.8 Å². The van der Waals surface area contributed by atoms with Crippen LogP contribution in [0.1, 0.15) is 49.9 Å². The SMILES string of the molecule is CC1(C)c2ccccc2-c2ccc(-c3ccc(-n4c5ccccc5c5cc(-c6ccc(-c7nc8ccccc8nc7-c7ccc(-c8ccc9c(c8)c8ccccc8n9-c8ccc(-c9ccc%10c(c9)C(C)(C)c9ccccc9-%10)cc8)cc7)cc6)ccc54)cc3)cc21. The molecule has 4 nitrogen and oxygen atoms in total. The van der Waals surface area contributed by atoms with Crippen LogP contribution in [-0.4, -0.2) is 19.1 Å². The maximum absolute atomic E-state index is 5.33. The Labute approximate surface area is 523 Å². The van der Waals surface area contributed by atoms with E-state index in [1.807, 2.05) is 12.1 Å². The van der Waals surface area contributed by atoms with E-state index in [-0.39, 0.29) is 10.8 Å². The number of hydrogen-bond acceptors (Lipinski definition) is 2. The van der Waals surface area contributed by atoms with Crippen molar-refractivity contribution in [3.63, 3.8) is 0 Å². The van der Waals surface area contributed by atoms with Crippen molar-refractivity contribution in [3.8, 4) is 101 Å². The summed E-state index contributed by atoms with van der Waals surface area (Å²) in [6, 6.07) is 107. The highest BCUT2D eigenvalue weighted by atomic mass is 15.0. The third kappa shape index (κ3) is 7.94. The Kier molecular flexibility index (Phi) is 11.3. The summed E-state index contributed by atoms with van der Waals surface area (Å²) in [7, 11) is 0. The van der Waals surface area contributed by atoms with Gasteiger partial charge in [0.25, 0.3) is 0 Å². The van der Waals surface area contributed by atoms with Crippen LogP contribution in [0.3, 0.4) is 0 Å². The van der Waals surface area contributed by atoms with Crippen molar-refractivity contribution in [2.45, 2.75) is 38.5 Å². The van der Waals surface area contributed by atoms with Gasteiger partial charge in [-0.05, 0) is 174 Å². The van der Waals surface area contributed by atoms with Gasteiger partial charge in [0.05, 0.1) is 44.5 Å². The van der Waals surface area contributed by atoms with Gasteiger partial charge in [0.2, 0.25) is 0 Å². The highest BCUT2D eigenvalue weighted by molar-refractivity contribution is 6.12. The fourth-order valence-electron chi connectivity index (χ4n) is 15.3. The molecular formula is C86H60N4. The third-order valence-electron chi connectivity index (χ3n) is 20.0. The molecule has 3 heterocycles. The van der Waals surface area contributed by atoms with Crippen molar-refractivity contribution in [2.24, 2.45) is 0 Å². The summed E-state index contributed by atoms with van der Waals surface area (Å²) in [6.07, 6.45) is 0. The van der Waals surface area contributed by atoms with Gasteiger partial charge in [-0.25, -0.2) is 9.97 Å². The zero-order valence-electron chi connectivity index (χ0n) is 50.5. The first kappa shape index (κ1) is 52.0. The largest absolute Gasteiger partial charge is 0.309 e. The molecule has 0 spiro atoms. The van der Waals surface area contributed by atoms with Crippen molar-refractivity contribution in [2.75, 3.05) is 0 Å². The highest BCUT2D eigenvalue weighted by Gasteiger charge is 2.37. The lowest BCUT2D eigenvalue weighted by atomic mass is 9.81. The summed E-state index contributed by atoms with van der Waals surface area (Å²) >= 11 is 0. The summed E-state index contributed by atoms with van der Waals surface area (Å²) in [5, 5.41) is 4.90. The van der Waals surface area contributed by atoms with Crippen LogP contribution in [0, 0.1) is 0 Å². The molecule has 13 aromatic carbocycles. The van der Waals surface area contributed by atoms with Crippen molar-refractivity contribution in [1.82, 2.24) is 19.1 Å². The number of nitrogens with zero attached hydrogens (tertiary/aromatic N) is 4. The normalized spacial score (nSPS) is 13.5. The zero-order chi connectivity index (χ0) is 60.0. The van der Waals surface area contributed by atoms with Crippen molar-refractivity contribution < 1.29 is 0 Å². The summed E-state index contributed by atoms with van der Waals surface area (Å²) in [6.45, 7) is 9.40. The molecule has 424 valence electrons. The Morgan fingerprint density at radius 2 is 0.533 bits per heavy atom. The van der Waals surface area contributed by atoms with Gasteiger partial charge in [0.1, 0.15) is 0 Å². The van der Waals surface area contributed by atoms with E-state index in [2.05, 4.69) is 316 Å². The van der Waals surface area contributed by atoms with Crippen molar-refractivity contribution >= 4 is 54.6 Å². The lowest BCUT2D eigenvalue weighted by Gasteiger charge is -2.22. The second kappa shape index (κ2) is 19.7. The molecule has 0 unspecified atom stereocenters. The Bertz CT molecular complexity index is 5270. The molecular weight excluding hydrogens is 1090 g/mol. The second-order valence-electron chi connectivity index (χ2n) is 25.7. The Morgan fingerprint density at radius 1 is 0.233 bits per heavy atom. The van der Waals surface area contributed by atoms with Gasteiger partial charge in [-0.15, -0.1) is 0 Å². The molecule has 0 amide bonds. The molecule has 0 saturated heterocycles. The Balaban J connectivity index is 0.634. The predicted molar refractivity (Wildman–Crippen MR) is 376 cm³/mol. The van der Waals surface area contributed by atoms with E-state index in [0.29, 0.717) is 0 Å².